The van der Waals surface area contributed by atoms with Gasteiger partial charge in [0, 0.05) is 11.8 Å². The SMILES string of the molecule is O=Cc1cn(-c2ccc(C(=O)O)cc2)nc1-c1cccc(F)c1. The molecule has 114 valence electrons. The average Bonchev–Trinajstić information content (AvgIpc) is 2.99. The first-order valence-electron chi connectivity index (χ1n) is 6.73. The van der Waals surface area contributed by atoms with Crippen LogP contribution < -0.4 is 0 Å². The topological polar surface area (TPSA) is 72.2 Å². The Hall–Kier alpha value is -3.28. The molecule has 0 spiro atoms. The lowest BCUT2D eigenvalue weighted by atomic mass is 10.1. The molecule has 0 radical (unpaired) electrons. The van der Waals surface area contributed by atoms with Gasteiger partial charge in [-0.3, -0.25) is 4.79 Å². The van der Waals surface area contributed by atoms with E-state index >= 15 is 0 Å². The molecule has 1 aromatic heterocycles. The number of carbonyl (C=O) groups is 2. The maximum atomic E-state index is 13.4. The number of carboxylic acids is 1. The van der Waals surface area contributed by atoms with E-state index in [2.05, 4.69) is 5.10 Å². The number of aldehydes is 1. The first kappa shape index (κ1) is 14.6. The maximum Gasteiger partial charge on any atom is 0.335 e. The van der Waals surface area contributed by atoms with Crippen LogP contribution in [0.15, 0.2) is 54.7 Å². The molecule has 5 nitrogen and oxygen atoms in total. The smallest absolute Gasteiger partial charge is 0.335 e. The molecule has 23 heavy (non-hydrogen) atoms. The molecule has 3 rings (SSSR count). The lowest BCUT2D eigenvalue weighted by Gasteiger charge is -2.02. The van der Waals surface area contributed by atoms with Crippen molar-refractivity contribution in [2.45, 2.75) is 0 Å². The van der Waals surface area contributed by atoms with Crippen molar-refractivity contribution in [2.75, 3.05) is 0 Å². The zero-order chi connectivity index (χ0) is 16.4. The lowest BCUT2D eigenvalue weighted by molar-refractivity contribution is 0.0696. The first-order valence-corrected chi connectivity index (χ1v) is 6.73. The Bertz CT molecular complexity index is 885. The molecule has 0 aliphatic heterocycles. The predicted molar refractivity (Wildman–Crippen MR) is 81.3 cm³/mol. The Balaban J connectivity index is 2.05. The minimum atomic E-state index is -1.02. The monoisotopic (exact) mass is 310 g/mol. The molecule has 1 heterocycles. The summed E-state index contributed by atoms with van der Waals surface area (Å²) in [5.74, 6) is -1.44. The quantitative estimate of drug-likeness (QED) is 0.751. The van der Waals surface area contributed by atoms with E-state index in [0.717, 1.165) is 0 Å². The highest BCUT2D eigenvalue weighted by Crippen LogP contribution is 2.23. The summed E-state index contributed by atoms with van der Waals surface area (Å²) < 4.78 is 14.8. The number of hydrogen-bond acceptors (Lipinski definition) is 3. The second-order valence-corrected chi connectivity index (χ2v) is 4.86. The van der Waals surface area contributed by atoms with Crippen LogP contribution in [0.4, 0.5) is 4.39 Å². The number of halogens is 1. The van der Waals surface area contributed by atoms with Crippen molar-refractivity contribution in [3.8, 4) is 16.9 Å². The van der Waals surface area contributed by atoms with Gasteiger partial charge in [0.1, 0.15) is 11.5 Å². The predicted octanol–water partition coefficient (Wildman–Crippen LogP) is 3.19. The first-order chi connectivity index (χ1) is 11.1. The van der Waals surface area contributed by atoms with Crippen molar-refractivity contribution >= 4 is 12.3 Å². The van der Waals surface area contributed by atoms with Crippen molar-refractivity contribution in [3.63, 3.8) is 0 Å². The number of rotatable bonds is 4. The zero-order valence-electron chi connectivity index (χ0n) is 11.8. The second kappa shape index (κ2) is 5.84. The van der Waals surface area contributed by atoms with E-state index in [0.29, 0.717) is 28.8 Å². The molecule has 1 N–H and O–H groups in total. The van der Waals surface area contributed by atoms with E-state index in [4.69, 9.17) is 5.11 Å². The molecule has 6 heteroatoms. The molecular weight excluding hydrogens is 299 g/mol. The summed E-state index contributed by atoms with van der Waals surface area (Å²) in [4.78, 5) is 22.1. The van der Waals surface area contributed by atoms with Crippen molar-refractivity contribution in [3.05, 3.63) is 71.7 Å². The lowest BCUT2D eigenvalue weighted by Crippen LogP contribution is -1.99. The average molecular weight is 310 g/mol. The maximum absolute atomic E-state index is 13.4. The van der Waals surface area contributed by atoms with Crippen molar-refractivity contribution in [1.29, 1.82) is 0 Å². The van der Waals surface area contributed by atoms with Crippen LogP contribution in [0, 0.1) is 5.82 Å². The highest BCUT2D eigenvalue weighted by molar-refractivity contribution is 5.88. The zero-order valence-corrected chi connectivity index (χ0v) is 11.8. The number of carbonyl (C=O) groups excluding carboxylic acids is 1. The standard InChI is InChI=1S/C17H11FN2O3/c18-14-3-1-2-12(8-14)16-13(10-21)9-20(19-16)15-6-4-11(5-7-15)17(22)23/h1-10H,(H,22,23). The van der Waals surface area contributed by atoms with Gasteiger partial charge in [0.15, 0.2) is 6.29 Å². The molecule has 3 aromatic rings. The summed E-state index contributed by atoms with van der Waals surface area (Å²) in [6, 6.07) is 11.9. The third-order valence-electron chi connectivity index (χ3n) is 3.35. The van der Waals surface area contributed by atoms with E-state index in [1.807, 2.05) is 0 Å². The van der Waals surface area contributed by atoms with Crippen molar-refractivity contribution in [2.24, 2.45) is 0 Å². The van der Waals surface area contributed by atoms with Crippen LogP contribution in [0.5, 0.6) is 0 Å². The van der Waals surface area contributed by atoms with E-state index in [-0.39, 0.29) is 5.56 Å². The van der Waals surface area contributed by atoms with E-state index in [1.54, 1.807) is 24.3 Å². The fourth-order valence-electron chi connectivity index (χ4n) is 2.22. The molecule has 0 unspecified atom stereocenters. The molecular formula is C17H11FN2O3. The minimum absolute atomic E-state index is 0.155. The number of benzene rings is 2. The molecule has 0 fully saturated rings. The number of carboxylic acid groups (broad SMARTS) is 1. The van der Waals surface area contributed by atoms with Gasteiger partial charge in [-0.1, -0.05) is 12.1 Å². The molecule has 0 saturated carbocycles. The molecule has 0 aliphatic carbocycles. The Labute approximate surface area is 130 Å². The summed E-state index contributed by atoms with van der Waals surface area (Å²) >= 11 is 0. The van der Waals surface area contributed by atoms with Gasteiger partial charge in [-0.25, -0.2) is 13.9 Å². The van der Waals surface area contributed by atoms with Gasteiger partial charge in [-0.15, -0.1) is 0 Å². The number of aromatic nitrogens is 2. The van der Waals surface area contributed by atoms with E-state index < -0.39 is 11.8 Å². The summed E-state index contributed by atoms with van der Waals surface area (Å²) in [6.45, 7) is 0. The highest BCUT2D eigenvalue weighted by Gasteiger charge is 2.12. The van der Waals surface area contributed by atoms with Gasteiger partial charge in [-0.2, -0.15) is 5.10 Å². The molecule has 0 amide bonds. The van der Waals surface area contributed by atoms with Crippen LogP contribution in [-0.2, 0) is 0 Å². The molecule has 0 atom stereocenters. The van der Waals surface area contributed by atoms with E-state index in [1.165, 1.54) is 35.1 Å². The van der Waals surface area contributed by atoms with E-state index in [9.17, 15) is 14.0 Å². The molecule has 2 aromatic carbocycles. The summed E-state index contributed by atoms with van der Waals surface area (Å²) in [5, 5.41) is 13.2. The largest absolute Gasteiger partial charge is 0.478 e. The van der Waals surface area contributed by atoms with Crippen LogP contribution in [0.1, 0.15) is 20.7 Å². The fraction of sp³-hybridized carbons (Fsp3) is 0. The Morgan fingerprint density at radius 3 is 2.52 bits per heavy atom. The van der Waals surface area contributed by atoms with Crippen LogP contribution in [0.25, 0.3) is 16.9 Å². The number of aromatic carboxylic acids is 1. The van der Waals surface area contributed by atoms with Crippen molar-refractivity contribution < 1.29 is 19.1 Å². The van der Waals surface area contributed by atoms with Crippen molar-refractivity contribution in [1.82, 2.24) is 9.78 Å². The Morgan fingerprint density at radius 1 is 1.17 bits per heavy atom. The number of nitrogens with zero attached hydrogens (tertiary/aromatic N) is 2. The number of hydrogen-bond donors (Lipinski definition) is 1. The van der Waals surface area contributed by atoms with Gasteiger partial charge in [-0.05, 0) is 36.4 Å². The highest BCUT2D eigenvalue weighted by atomic mass is 19.1. The van der Waals surface area contributed by atoms with Gasteiger partial charge in [0.2, 0.25) is 0 Å². The summed E-state index contributed by atoms with van der Waals surface area (Å²) in [5.41, 5.74) is 1.93. The van der Waals surface area contributed by atoms with Gasteiger partial charge in [0.25, 0.3) is 0 Å². The summed E-state index contributed by atoms with van der Waals surface area (Å²) in [6.07, 6.45) is 2.17. The van der Waals surface area contributed by atoms with Crippen LogP contribution in [0.2, 0.25) is 0 Å². The fourth-order valence-corrected chi connectivity index (χ4v) is 2.22. The summed E-state index contributed by atoms with van der Waals surface area (Å²) in [7, 11) is 0. The molecule has 0 bridgehead atoms. The van der Waals surface area contributed by atoms with Crippen LogP contribution in [0.3, 0.4) is 0 Å². The van der Waals surface area contributed by atoms with Gasteiger partial charge < -0.3 is 5.11 Å². The van der Waals surface area contributed by atoms with Gasteiger partial charge >= 0.3 is 5.97 Å². The molecule has 0 saturated heterocycles. The Morgan fingerprint density at radius 2 is 1.91 bits per heavy atom. The van der Waals surface area contributed by atoms with Crippen LogP contribution >= 0.6 is 0 Å². The third kappa shape index (κ3) is 2.87. The minimum Gasteiger partial charge on any atom is -0.478 e. The van der Waals surface area contributed by atoms with Gasteiger partial charge in [0.05, 0.1) is 16.8 Å². The Kier molecular flexibility index (Phi) is 3.72. The van der Waals surface area contributed by atoms with Crippen LogP contribution in [-0.4, -0.2) is 27.1 Å². The second-order valence-electron chi connectivity index (χ2n) is 4.86. The third-order valence-corrected chi connectivity index (χ3v) is 3.35. The molecule has 0 aliphatic rings. The normalized spacial score (nSPS) is 10.5.